The average Bonchev–Trinajstić information content (AvgIpc) is 2.92. The Morgan fingerprint density at radius 3 is 2.46 bits per heavy atom. The lowest BCUT2D eigenvalue weighted by molar-refractivity contribution is 0.0993. The molecule has 0 heterocycles. The van der Waals surface area contributed by atoms with E-state index in [0.29, 0.717) is 29.4 Å². The van der Waals surface area contributed by atoms with Gasteiger partial charge in [0, 0.05) is 39.7 Å². The maximum Gasteiger partial charge on any atom is 0.255 e. The predicted octanol–water partition coefficient (Wildman–Crippen LogP) is 8.60. The molecule has 0 saturated heterocycles. The number of anilines is 1. The van der Waals surface area contributed by atoms with E-state index in [4.69, 9.17) is 16.4 Å². The number of hydrogen-bond acceptors (Lipinski definition) is 4. The van der Waals surface area contributed by atoms with Crippen LogP contribution in [0, 0.1) is 41.1 Å². The third-order valence-electron chi connectivity index (χ3n) is 7.25. The number of oxime groups is 1. The molecule has 39 heavy (non-hydrogen) atoms. The van der Waals surface area contributed by atoms with Gasteiger partial charge in [0.15, 0.2) is 17.5 Å². The van der Waals surface area contributed by atoms with E-state index in [1.54, 1.807) is 23.9 Å². The van der Waals surface area contributed by atoms with Crippen molar-refractivity contribution in [3.05, 3.63) is 94.3 Å². The van der Waals surface area contributed by atoms with Crippen LogP contribution in [0.4, 0.5) is 18.9 Å². The van der Waals surface area contributed by atoms with Crippen molar-refractivity contribution in [2.45, 2.75) is 43.9 Å². The minimum absolute atomic E-state index is 0.176. The van der Waals surface area contributed by atoms with Gasteiger partial charge in [0.05, 0.1) is 5.02 Å². The number of amides is 1. The normalized spacial score (nSPS) is 21.4. The topological polar surface area (TPSA) is 50.7 Å². The van der Waals surface area contributed by atoms with E-state index in [1.807, 2.05) is 36.5 Å². The van der Waals surface area contributed by atoms with Crippen molar-refractivity contribution >= 4 is 41.2 Å². The lowest BCUT2D eigenvalue weighted by atomic mass is 9.63. The number of carbonyl (C=O) groups excluding carboxylic acids is 1. The highest BCUT2D eigenvalue weighted by Crippen LogP contribution is 2.53. The Labute approximate surface area is 236 Å². The summed E-state index contributed by atoms with van der Waals surface area (Å²) in [7, 11) is 0. The number of carbonyl (C=O) groups is 1. The van der Waals surface area contributed by atoms with Gasteiger partial charge in [0.1, 0.15) is 6.61 Å². The molecular weight excluding hydrogens is 545 g/mol. The fourth-order valence-corrected chi connectivity index (χ4v) is 6.73. The van der Waals surface area contributed by atoms with E-state index in [2.05, 4.69) is 31.2 Å². The summed E-state index contributed by atoms with van der Waals surface area (Å²) in [6.07, 6.45) is 2.78. The molecule has 3 aromatic carbocycles. The Morgan fingerprint density at radius 1 is 1.08 bits per heavy atom. The molecule has 1 aliphatic carbocycles. The fourth-order valence-electron chi connectivity index (χ4n) is 4.81. The Morgan fingerprint density at radius 2 is 1.77 bits per heavy atom. The van der Waals surface area contributed by atoms with E-state index < -0.39 is 23.4 Å². The first-order valence-corrected chi connectivity index (χ1v) is 14.0. The average molecular weight is 575 g/mol. The first kappa shape index (κ1) is 29.0. The van der Waals surface area contributed by atoms with E-state index in [0.717, 1.165) is 29.0 Å². The molecule has 1 N–H and O–H groups in total. The summed E-state index contributed by atoms with van der Waals surface area (Å²) >= 11 is 8.12. The summed E-state index contributed by atoms with van der Waals surface area (Å²) in [6, 6.07) is 16.2. The van der Waals surface area contributed by atoms with Gasteiger partial charge in [-0.2, -0.15) is 0 Å². The Bertz CT molecular complexity index is 1320. The van der Waals surface area contributed by atoms with Gasteiger partial charge in [-0.1, -0.05) is 67.9 Å². The molecule has 0 spiro atoms. The Kier molecular flexibility index (Phi) is 9.62. The highest BCUT2D eigenvalue weighted by Gasteiger charge is 2.45. The van der Waals surface area contributed by atoms with Crippen LogP contribution in [-0.2, 0) is 11.4 Å². The molecule has 3 aromatic rings. The minimum Gasteiger partial charge on any atom is -0.391 e. The molecule has 4 rings (SSSR count). The van der Waals surface area contributed by atoms with Gasteiger partial charge in [0.25, 0.3) is 5.91 Å². The number of thioether (sulfide) groups is 1. The van der Waals surface area contributed by atoms with Gasteiger partial charge >= 0.3 is 0 Å². The zero-order valence-electron chi connectivity index (χ0n) is 21.8. The molecule has 0 aliphatic heterocycles. The van der Waals surface area contributed by atoms with Crippen LogP contribution in [0.3, 0.4) is 0 Å². The molecule has 5 atom stereocenters. The van der Waals surface area contributed by atoms with Gasteiger partial charge in [-0.15, -0.1) is 11.8 Å². The van der Waals surface area contributed by atoms with Crippen molar-refractivity contribution in [2.75, 3.05) is 5.32 Å². The van der Waals surface area contributed by atoms with Gasteiger partial charge in [-0.25, -0.2) is 13.2 Å². The second-order valence-corrected chi connectivity index (χ2v) is 11.7. The zero-order valence-corrected chi connectivity index (χ0v) is 23.4. The van der Waals surface area contributed by atoms with Gasteiger partial charge in [-0.05, 0) is 53.9 Å². The third-order valence-corrected chi connectivity index (χ3v) is 9.34. The molecule has 1 amide bonds. The van der Waals surface area contributed by atoms with Crippen molar-refractivity contribution in [2.24, 2.45) is 28.8 Å². The van der Waals surface area contributed by atoms with Crippen molar-refractivity contribution in [1.29, 1.82) is 0 Å². The molecule has 5 unspecified atom stereocenters. The first-order valence-electron chi connectivity index (χ1n) is 12.8. The smallest absolute Gasteiger partial charge is 0.255 e. The number of benzene rings is 3. The summed E-state index contributed by atoms with van der Waals surface area (Å²) in [5.41, 5.74) is 1.16. The van der Waals surface area contributed by atoms with E-state index >= 15 is 0 Å². The number of nitrogens with one attached hydrogen (secondary N) is 1. The largest absolute Gasteiger partial charge is 0.391 e. The number of nitrogens with zero attached hydrogens (tertiary/aromatic N) is 1. The van der Waals surface area contributed by atoms with Crippen molar-refractivity contribution in [1.82, 2.24) is 0 Å². The second-order valence-electron chi connectivity index (χ2n) is 10.0. The molecule has 1 saturated carbocycles. The highest BCUT2D eigenvalue weighted by molar-refractivity contribution is 8.00. The molecule has 4 nitrogen and oxygen atoms in total. The maximum absolute atomic E-state index is 13.5. The summed E-state index contributed by atoms with van der Waals surface area (Å²) in [5, 5.41) is 7.38. The number of hydrogen-bond donors (Lipinski definition) is 1. The summed E-state index contributed by atoms with van der Waals surface area (Å²) < 4.78 is 40.3. The molecule has 0 bridgehead atoms. The Hall–Kier alpha value is -2.97. The highest BCUT2D eigenvalue weighted by atomic mass is 35.5. The predicted molar refractivity (Wildman–Crippen MR) is 151 cm³/mol. The quantitative estimate of drug-likeness (QED) is 0.150. The third kappa shape index (κ3) is 7.17. The summed E-state index contributed by atoms with van der Waals surface area (Å²) in [5.74, 6) is -3.33. The van der Waals surface area contributed by atoms with Gasteiger partial charge in [0.2, 0.25) is 0 Å². The molecule has 0 radical (unpaired) electrons. The van der Waals surface area contributed by atoms with Crippen LogP contribution in [0.5, 0.6) is 0 Å². The van der Waals surface area contributed by atoms with Crippen molar-refractivity contribution in [3.63, 3.8) is 0 Å². The van der Waals surface area contributed by atoms with Crippen molar-refractivity contribution < 1.29 is 22.8 Å². The molecular formula is C30H30ClF3N2O2S. The zero-order chi connectivity index (χ0) is 28.1. The van der Waals surface area contributed by atoms with Crippen molar-refractivity contribution in [3.8, 4) is 0 Å². The monoisotopic (exact) mass is 574 g/mol. The van der Waals surface area contributed by atoms with Crippen LogP contribution in [-0.4, -0.2) is 17.4 Å². The van der Waals surface area contributed by atoms with Crippen LogP contribution >= 0.6 is 23.4 Å². The molecule has 1 aliphatic rings. The SMILES string of the molecule is CC(/C=N/OCc1ccccc1)CC1C(C)C(C)C1Sc1cc(C(=O)Nc2cc(F)c(F)c(F)c2)ccc1Cl. The molecule has 206 valence electrons. The molecule has 1 fully saturated rings. The van der Waals surface area contributed by atoms with Crippen LogP contribution < -0.4 is 5.32 Å². The fraction of sp³-hybridized carbons (Fsp3) is 0.333. The maximum atomic E-state index is 13.5. The minimum atomic E-state index is -1.59. The Balaban J connectivity index is 1.37. The van der Waals surface area contributed by atoms with Crippen LogP contribution in [0.25, 0.3) is 0 Å². The van der Waals surface area contributed by atoms with E-state index in [1.165, 1.54) is 6.07 Å². The molecule has 9 heteroatoms. The molecule has 0 aromatic heterocycles. The lowest BCUT2D eigenvalue weighted by Crippen LogP contribution is -2.47. The summed E-state index contributed by atoms with van der Waals surface area (Å²) in [4.78, 5) is 19.0. The number of halogens is 4. The second kappa shape index (κ2) is 12.9. The first-order chi connectivity index (χ1) is 18.6. The lowest BCUT2D eigenvalue weighted by Gasteiger charge is -2.50. The van der Waals surface area contributed by atoms with Crippen LogP contribution in [0.15, 0.2) is 70.7 Å². The van der Waals surface area contributed by atoms with Gasteiger partial charge in [-0.3, -0.25) is 4.79 Å². The summed E-state index contributed by atoms with van der Waals surface area (Å²) in [6.45, 7) is 7.00. The van der Waals surface area contributed by atoms with E-state index in [9.17, 15) is 18.0 Å². The standard InChI is InChI=1S/C30H30ClF3N2O2S/c1-17(15-35-38-16-20-7-5-4-6-8-20)11-23-18(2)19(3)29(23)39-27-12-21(9-10-24(27)31)30(37)36-22-13-25(32)28(34)26(33)14-22/h4-10,12-15,17-19,23,29H,11,16H2,1-3H3,(H,36,37)/b35-15+. The van der Waals surface area contributed by atoms with Crippen LogP contribution in [0.1, 0.15) is 43.1 Å². The van der Waals surface area contributed by atoms with Gasteiger partial charge < -0.3 is 10.2 Å². The van der Waals surface area contributed by atoms with E-state index in [-0.39, 0.29) is 22.4 Å². The number of rotatable bonds is 10. The van der Waals surface area contributed by atoms with Crippen LogP contribution in [0.2, 0.25) is 5.02 Å².